The molecule has 0 spiro atoms. The third-order valence-corrected chi connectivity index (χ3v) is 5.31. The summed E-state index contributed by atoms with van der Waals surface area (Å²) in [4.78, 5) is 25.2. The Balaban J connectivity index is 1.84. The lowest BCUT2D eigenvalue weighted by Crippen LogP contribution is -2.38. The van der Waals surface area contributed by atoms with Crippen LogP contribution in [0.25, 0.3) is 10.8 Å². The van der Waals surface area contributed by atoms with Gasteiger partial charge in [0.1, 0.15) is 17.5 Å². The minimum Gasteiger partial charge on any atom is -0.480 e. The number of carbonyl (C=O) groups excluding carboxylic acids is 1. The number of fused-ring (bicyclic) bond motifs is 1. The summed E-state index contributed by atoms with van der Waals surface area (Å²) in [5.41, 5.74) is 1.39. The first kappa shape index (κ1) is 23.7. The van der Waals surface area contributed by atoms with Crippen LogP contribution in [0.3, 0.4) is 0 Å². The molecule has 0 heterocycles. The molecule has 3 rings (SSSR count). The predicted molar refractivity (Wildman–Crippen MR) is 129 cm³/mol. The molecule has 0 aromatic heterocycles. The number of carboxylic acids is 1. The highest BCUT2D eigenvalue weighted by Gasteiger charge is 2.16. The molecule has 8 heteroatoms. The second kappa shape index (κ2) is 11.1. The first-order valence-electron chi connectivity index (χ1n) is 10.1. The fourth-order valence-electron chi connectivity index (χ4n) is 3.32. The first-order valence-corrected chi connectivity index (χ1v) is 11.2. The average Bonchev–Trinajstić information content (AvgIpc) is 2.79. The summed E-state index contributed by atoms with van der Waals surface area (Å²) >= 11 is 12.0. The van der Waals surface area contributed by atoms with Crippen LogP contribution >= 0.6 is 23.2 Å². The molecule has 0 saturated carbocycles. The van der Waals surface area contributed by atoms with Gasteiger partial charge in [-0.3, -0.25) is 9.59 Å². The SMILES string of the molecule is C[C@H](NC(=O)c1ccc(Oc2ccc(N(CCCl)CCCl)c3ccccc23)cc1)C(=O)O. The van der Waals surface area contributed by atoms with E-state index in [-0.39, 0.29) is 0 Å². The molecule has 0 bridgehead atoms. The van der Waals surface area contributed by atoms with Crippen molar-refractivity contribution in [1.82, 2.24) is 5.32 Å². The summed E-state index contributed by atoms with van der Waals surface area (Å²) < 4.78 is 6.10. The number of nitrogens with zero attached hydrogens (tertiary/aromatic N) is 1. The van der Waals surface area contributed by atoms with Gasteiger partial charge in [0.25, 0.3) is 5.91 Å². The number of ether oxygens (including phenoxy) is 1. The second-order valence-electron chi connectivity index (χ2n) is 7.15. The van der Waals surface area contributed by atoms with E-state index in [1.165, 1.54) is 6.92 Å². The number of halogens is 2. The van der Waals surface area contributed by atoms with Gasteiger partial charge in [-0.25, -0.2) is 0 Å². The topological polar surface area (TPSA) is 78.9 Å². The largest absolute Gasteiger partial charge is 0.480 e. The zero-order valence-electron chi connectivity index (χ0n) is 17.6. The van der Waals surface area contributed by atoms with Crippen molar-refractivity contribution in [1.29, 1.82) is 0 Å². The van der Waals surface area contributed by atoms with Gasteiger partial charge < -0.3 is 20.1 Å². The Morgan fingerprint density at radius 3 is 2.19 bits per heavy atom. The van der Waals surface area contributed by atoms with Crippen molar-refractivity contribution < 1.29 is 19.4 Å². The highest BCUT2D eigenvalue weighted by molar-refractivity contribution is 6.18. The van der Waals surface area contributed by atoms with Crippen molar-refractivity contribution in [3.63, 3.8) is 0 Å². The smallest absolute Gasteiger partial charge is 0.325 e. The monoisotopic (exact) mass is 474 g/mol. The molecule has 3 aromatic carbocycles. The van der Waals surface area contributed by atoms with Gasteiger partial charge in [-0.05, 0) is 43.3 Å². The number of amides is 1. The molecule has 0 saturated heterocycles. The molecule has 6 nitrogen and oxygen atoms in total. The van der Waals surface area contributed by atoms with Crippen LogP contribution in [0.5, 0.6) is 11.5 Å². The van der Waals surface area contributed by atoms with Gasteiger partial charge in [-0.1, -0.05) is 24.3 Å². The lowest BCUT2D eigenvalue weighted by atomic mass is 10.1. The summed E-state index contributed by atoms with van der Waals surface area (Å²) in [6.45, 7) is 2.78. The maximum absolute atomic E-state index is 12.2. The summed E-state index contributed by atoms with van der Waals surface area (Å²) in [6, 6.07) is 17.4. The van der Waals surface area contributed by atoms with Crippen LogP contribution in [-0.2, 0) is 4.79 Å². The molecule has 0 aliphatic carbocycles. The van der Waals surface area contributed by atoms with Crippen molar-refractivity contribution in [2.45, 2.75) is 13.0 Å². The molecular weight excluding hydrogens is 451 g/mol. The molecule has 0 fully saturated rings. The van der Waals surface area contributed by atoms with E-state index in [1.54, 1.807) is 24.3 Å². The van der Waals surface area contributed by atoms with Gasteiger partial charge in [0.15, 0.2) is 0 Å². The fraction of sp³-hybridized carbons (Fsp3) is 0.250. The number of benzene rings is 3. The molecule has 1 atom stereocenters. The molecule has 0 radical (unpaired) electrons. The summed E-state index contributed by atoms with van der Waals surface area (Å²) in [6.07, 6.45) is 0. The number of anilines is 1. The van der Waals surface area contributed by atoms with Crippen LogP contribution in [-0.4, -0.2) is 47.9 Å². The molecule has 2 N–H and O–H groups in total. The van der Waals surface area contributed by atoms with E-state index in [4.69, 9.17) is 33.0 Å². The number of hydrogen-bond acceptors (Lipinski definition) is 4. The lowest BCUT2D eigenvalue weighted by molar-refractivity contribution is -0.138. The Kier molecular flexibility index (Phi) is 8.20. The zero-order valence-corrected chi connectivity index (χ0v) is 19.1. The molecule has 0 aliphatic heterocycles. The van der Waals surface area contributed by atoms with Crippen molar-refractivity contribution in [3.05, 3.63) is 66.2 Å². The van der Waals surface area contributed by atoms with E-state index < -0.39 is 17.9 Å². The van der Waals surface area contributed by atoms with E-state index in [0.717, 1.165) is 16.5 Å². The van der Waals surface area contributed by atoms with Gasteiger partial charge in [-0.2, -0.15) is 0 Å². The molecule has 1 amide bonds. The Labute approximate surface area is 196 Å². The first-order chi connectivity index (χ1) is 15.4. The van der Waals surface area contributed by atoms with Crippen molar-refractivity contribution >= 4 is 51.5 Å². The third-order valence-electron chi connectivity index (χ3n) is 4.97. The van der Waals surface area contributed by atoms with Gasteiger partial charge in [0, 0.05) is 46.9 Å². The van der Waals surface area contributed by atoms with Crippen LogP contribution in [0, 0.1) is 0 Å². The number of carbonyl (C=O) groups is 2. The van der Waals surface area contributed by atoms with E-state index in [0.29, 0.717) is 41.9 Å². The van der Waals surface area contributed by atoms with Crippen molar-refractivity contribution in [2.75, 3.05) is 29.7 Å². The molecule has 3 aromatic rings. The average molecular weight is 475 g/mol. The van der Waals surface area contributed by atoms with Crippen LogP contribution in [0.4, 0.5) is 5.69 Å². The summed E-state index contributed by atoms with van der Waals surface area (Å²) in [5.74, 6) is 0.676. The number of aliphatic carboxylic acids is 1. The number of hydrogen-bond donors (Lipinski definition) is 2. The highest BCUT2D eigenvalue weighted by Crippen LogP contribution is 2.36. The Morgan fingerprint density at radius 2 is 1.59 bits per heavy atom. The molecule has 168 valence electrons. The number of rotatable bonds is 10. The summed E-state index contributed by atoms with van der Waals surface area (Å²) in [7, 11) is 0. The molecule has 32 heavy (non-hydrogen) atoms. The minimum atomic E-state index is -1.09. The second-order valence-corrected chi connectivity index (χ2v) is 7.91. The van der Waals surface area contributed by atoms with Crippen LogP contribution in [0.1, 0.15) is 17.3 Å². The Hall–Kier alpha value is -2.96. The van der Waals surface area contributed by atoms with Gasteiger partial charge >= 0.3 is 5.97 Å². The van der Waals surface area contributed by atoms with Gasteiger partial charge in [0.2, 0.25) is 0 Å². The van der Waals surface area contributed by atoms with Crippen molar-refractivity contribution in [3.8, 4) is 11.5 Å². The summed E-state index contributed by atoms with van der Waals surface area (Å²) in [5, 5.41) is 13.3. The number of carboxylic acid groups (broad SMARTS) is 1. The predicted octanol–water partition coefficient (Wildman–Crippen LogP) is 5.12. The van der Waals surface area contributed by atoms with Crippen LogP contribution in [0.15, 0.2) is 60.7 Å². The zero-order chi connectivity index (χ0) is 23.1. The van der Waals surface area contributed by atoms with E-state index in [1.807, 2.05) is 36.4 Å². The standard InChI is InChI=1S/C24H24Cl2N2O4/c1-16(24(30)31)27-23(29)17-6-8-18(9-7-17)32-22-11-10-21(28(14-12-25)15-13-26)19-4-2-3-5-20(19)22/h2-11,16H,12-15H2,1H3,(H,27,29)(H,30,31)/t16-/m0/s1. The number of nitrogens with one attached hydrogen (secondary N) is 1. The third kappa shape index (κ3) is 5.64. The fourth-order valence-corrected chi connectivity index (χ4v) is 3.73. The molecule has 0 unspecified atom stereocenters. The maximum Gasteiger partial charge on any atom is 0.325 e. The normalized spacial score (nSPS) is 11.7. The molecular formula is C24H24Cl2N2O4. The van der Waals surface area contributed by atoms with Gasteiger partial charge in [0.05, 0.1) is 0 Å². The highest BCUT2D eigenvalue weighted by atomic mass is 35.5. The minimum absolute atomic E-state index is 0.350. The van der Waals surface area contributed by atoms with Crippen LogP contribution < -0.4 is 15.0 Å². The Morgan fingerprint density at radius 1 is 0.969 bits per heavy atom. The van der Waals surface area contributed by atoms with E-state index in [9.17, 15) is 9.59 Å². The van der Waals surface area contributed by atoms with Gasteiger partial charge in [-0.15, -0.1) is 23.2 Å². The quantitative estimate of drug-likeness (QED) is 0.398. The van der Waals surface area contributed by atoms with Crippen LogP contribution in [0.2, 0.25) is 0 Å². The maximum atomic E-state index is 12.2. The Bertz CT molecular complexity index is 1080. The number of alkyl halides is 2. The van der Waals surface area contributed by atoms with E-state index >= 15 is 0 Å². The van der Waals surface area contributed by atoms with Crippen molar-refractivity contribution in [2.24, 2.45) is 0 Å². The molecule has 0 aliphatic rings. The lowest BCUT2D eigenvalue weighted by Gasteiger charge is -2.25. The van der Waals surface area contributed by atoms with E-state index in [2.05, 4.69) is 10.2 Å².